The number of imidazole rings is 1. The molecule has 7 heteroatoms. The van der Waals surface area contributed by atoms with Crippen LogP contribution >= 0.6 is 0 Å². The van der Waals surface area contributed by atoms with E-state index in [1.807, 2.05) is 0 Å². The molecule has 0 N–H and O–H groups in total. The summed E-state index contributed by atoms with van der Waals surface area (Å²) in [6.45, 7) is 1.06. The third kappa shape index (κ3) is 2.53. The monoisotopic (exact) mass is 334 g/mol. The highest BCUT2D eigenvalue weighted by atomic mass is 19.1. The van der Waals surface area contributed by atoms with Gasteiger partial charge in [0.25, 0.3) is 5.91 Å². The second-order valence-corrected chi connectivity index (χ2v) is 6.18. The van der Waals surface area contributed by atoms with E-state index < -0.39 is 23.3 Å². The molecular weight excluding hydrogens is 318 g/mol. The number of benzene rings is 1. The zero-order valence-corrected chi connectivity index (χ0v) is 12.9. The normalized spacial score (nSPS) is 22.3. The van der Waals surface area contributed by atoms with Crippen molar-refractivity contribution in [3.63, 3.8) is 0 Å². The molecule has 0 radical (unpaired) electrons. The van der Waals surface area contributed by atoms with Gasteiger partial charge in [-0.05, 0) is 30.0 Å². The molecule has 0 amide bonds. The van der Waals surface area contributed by atoms with Crippen molar-refractivity contribution in [3.05, 3.63) is 53.6 Å². The molecule has 2 heterocycles. The molecule has 1 aliphatic heterocycles. The molecule has 1 atom stereocenters. The second-order valence-electron chi connectivity index (χ2n) is 6.18. The molecule has 24 heavy (non-hydrogen) atoms. The number of halogens is 2. The molecule has 1 aromatic heterocycles. The molecule has 5 nitrogen and oxygen atoms in total. The molecule has 1 saturated carbocycles. The van der Waals surface area contributed by atoms with Gasteiger partial charge in [-0.25, -0.2) is 13.8 Å². The Morgan fingerprint density at radius 2 is 2.04 bits per heavy atom. The minimum Gasteiger partial charge on any atom is -0.348 e. The third-order valence-corrected chi connectivity index (χ3v) is 4.74. The molecule has 126 valence electrons. The van der Waals surface area contributed by atoms with Crippen molar-refractivity contribution < 1.29 is 23.0 Å². The van der Waals surface area contributed by atoms with Crippen molar-refractivity contribution in [1.29, 1.82) is 0 Å². The van der Waals surface area contributed by atoms with Gasteiger partial charge in [0.2, 0.25) is 0 Å². The van der Waals surface area contributed by atoms with Crippen LogP contribution in [-0.2, 0) is 9.47 Å². The van der Waals surface area contributed by atoms with Gasteiger partial charge in [-0.2, -0.15) is 0 Å². The van der Waals surface area contributed by atoms with Crippen molar-refractivity contribution in [2.24, 2.45) is 0 Å². The Labute approximate surface area is 137 Å². The van der Waals surface area contributed by atoms with Gasteiger partial charge in [0.05, 0.1) is 18.8 Å². The average Bonchev–Trinajstić information content (AvgIpc) is 3.32. The van der Waals surface area contributed by atoms with Crippen LogP contribution in [0.5, 0.6) is 0 Å². The molecule has 1 spiro atoms. The molecule has 2 aromatic rings. The lowest BCUT2D eigenvalue weighted by atomic mass is 9.95. The molecule has 1 unspecified atom stereocenters. The first-order chi connectivity index (χ1) is 11.6. The predicted octanol–water partition coefficient (Wildman–Crippen LogP) is 2.86. The summed E-state index contributed by atoms with van der Waals surface area (Å²) in [5.74, 6) is -2.81. The zero-order valence-electron chi connectivity index (χ0n) is 12.9. The van der Waals surface area contributed by atoms with Crippen LogP contribution in [0.25, 0.3) is 0 Å². The standard InChI is InChI=1S/C17H16F2N2O3/c18-14-8-13(16(22)21-4-3-20-10-21)15(19)7-12(14)11-1-2-17(9-11)23-5-6-24-17/h3-4,7-8,10-11H,1-2,5-6,9H2. The first kappa shape index (κ1) is 15.4. The molecule has 4 rings (SSSR count). The lowest BCUT2D eigenvalue weighted by molar-refractivity contribution is -0.151. The SMILES string of the molecule is O=C(c1cc(F)c(C2CCC3(C2)OCCO3)cc1F)n1ccnc1. The highest BCUT2D eigenvalue weighted by molar-refractivity contribution is 5.96. The molecule has 2 fully saturated rings. The topological polar surface area (TPSA) is 53.4 Å². The maximum Gasteiger partial charge on any atom is 0.266 e. The predicted molar refractivity (Wildman–Crippen MR) is 79.5 cm³/mol. The van der Waals surface area contributed by atoms with E-state index in [0.29, 0.717) is 32.5 Å². The van der Waals surface area contributed by atoms with E-state index >= 15 is 0 Å². The minimum absolute atomic E-state index is 0.185. The quantitative estimate of drug-likeness (QED) is 0.847. The maximum atomic E-state index is 14.5. The first-order valence-corrected chi connectivity index (χ1v) is 7.87. The minimum atomic E-state index is -0.737. The summed E-state index contributed by atoms with van der Waals surface area (Å²) in [4.78, 5) is 15.9. The molecular formula is C17H16F2N2O3. The van der Waals surface area contributed by atoms with E-state index in [9.17, 15) is 13.6 Å². The van der Waals surface area contributed by atoms with Crippen LogP contribution in [0.1, 0.15) is 41.1 Å². The number of carbonyl (C=O) groups excluding carboxylic acids is 1. The number of aromatic nitrogens is 2. The Morgan fingerprint density at radius 3 is 2.75 bits per heavy atom. The van der Waals surface area contributed by atoms with Crippen molar-refractivity contribution in [3.8, 4) is 0 Å². The lowest BCUT2D eigenvalue weighted by Crippen LogP contribution is -2.25. The molecule has 2 aliphatic rings. The van der Waals surface area contributed by atoms with Crippen LogP contribution in [0.3, 0.4) is 0 Å². The smallest absolute Gasteiger partial charge is 0.266 e. The van der Waals surface area contributed by atoms with Gasteiger partial charge in [0, 0.05) is 25.2 Å². The fraction of sp³-hybridized carbons (Fsp3) is 0.412. The molecule has 1 saturated heterocycles. The number of carbonyl (C=O) groups is 1. The summed E-state index contributed by atoms with van der Waals surface area (Å²) in [5.41, 5.74) is -0.0408. The average molecular weight is 334 g/mol. The van der Waals surface area contributed by atoms with Gasteiger partial charge in [-0.3, -0.25) is 9.36 Å². The summed E-state index contributed by atoms with van der Waals surface area (Å²) in [6.07, 6.45) is 5.87. The van der Waals surface area contributed by atoms with E-state index in [0.717, 1.165) is 16.7 Å². The first-order valence-electron chi connectivity index (χ1n) is 7.87. The van der Waals surface area contributed by atoms with Gasteiger partial charge in [0.15, 0.2) is 5.79 Å². The van der Waals surface area contributed by atoms with Crippen LogP contribution in [0.4, 0.5) is 8.78 Å². The number of hydrogen-bond donors (Lipinski definition) is 0. The van der Waals surface area contributed by atoms with E-state index in [-0.39, 0.29) is 17.0 Å². The van der Waals surface area contributed by atoms with E-state index in [1.54, 1.807) is 0 Å². The number of hydrogen-bond acceptors (Lipinski definition) is 4. The van der Waals surface area contributed by atoms with Crippen molar-refractivity contribution >= 4 is 5.91 Å². The Hall–Kier alpha value is -2.12. The van der Waals surface area contributed by atoms with Crippen molar-refractivity contribution in [1.82, 2.24) is 9.55 Å². The van der Waals surface area contributed by atoms with Crippen LogP contribution in [0, 0.1) is 11.6 Å². The highest BCUT2D eigenvalue weighted by Gasteiger charge is 2.45. The molecule has 0 bridgehead atoms. The Balaban J connectivity index is 1.62. The second kappa shape index (κ2) is 5.75. The summed E-state index contributed by atoms with van der Waals surface area (Å²) >= 11 is 0. The number of ether oxygens (including phenoxy) is 2. The van der Waals surface area contributed by atoms with E-state index in [2.05, 4.69) is 4.98 Å². The molecule has 1 aromatic carbocycles. The number of nitrogens with zero attached hydrogens (tertiary/aromatic N) is 2. The Kier molecular flexibility index (Phi) is 3.69. The highest BCUT2D eigenvalue weighted by Crippen LogP contribution is 2.46. The Morgan fingerprint density at radius 1 is 1.25 bits per heavy atom. The fourth-order valence-corrected chi connectivity index (χ4v) is 3.56. The maximum absolute atomic E-state index is 14.5. The van der Waals surface area contributed by atoms with Gasteiger partial charge >= 0.3 is 0 Å². The van der Waals surface area contributed by atoms with Gasteiger partial charge in [-0.15, -0.1) is 0 Å². The zero-order chi connectivity index (χ0) is 16.7. The lowest BCUT2D eigenvalue weighted by Gasteiger charge is -2.21. The Bertz CT molecular complexity index is 770. The summed E-state index contributed by atoms with van der Waals surface area (Å²) < 4.78 is 41.3. The van der Waals surface area contributed by atoms with Gasteiger partial charge in [0.1, 0.15) is 18.0 Å². The van der Waals surface area contributed by atoms with Crippen molar-refractivity contribution in [2.75, 3.05) is 13.2 Å². The van der Waals surface area contributed by atoms with Gasteiger partial charge < -0.3 is 9.47 Å². The summed E-state index contributed by atoms with van der Waals surface area (Å²) in [6, 6.07) is 2.09. The number of rotatable bonds is 2. The summed E-state index contributed by atoms with van der Waals surface area (Å²) in [7, 11) is 0. The third-order valence-electron chi connectivity index (χ3n) is 4.74. The van der Waals surface area contributed by atoms with Crippen molar-refractivity contribution in [2.45, 2.75) is 31.0 Å². The van der Waals surface area contributed by atoms with Crippen LogP contribution < -0.4 is 0 Å². The van der Waals surface area contributed by atoms with E-state index in [4.69, 9.17) is 9.47 Å². The fourth-order valence-electron chi connectivity index (χ4n) is 3.56. The van der Waals surface area contributed by atoms with E-state index in [1.165, 1.54) is 18.7 Å². The van der Waals surface area contributed by atoms with Gasteiger partial charge in [-0.1, -0.05) is 0 Å². The largest absolute Gasteiger partial charge is 0.348 e. The molecule has 1 aliphatic carbocycles. The van der Waals surface area contributed by atoms with Crippen LogP contribution in [0.15, 0.2) is 30.9 Å². The van der Waals surface area contributed by atoms with Crippen LogP contribution in [0.2, 0.25) is 0 Å². The summed E-state index contributed by atoms with van der Waals surface area (Å²) in [5, 5.41) is 0. The van der Waals surface area contributed by atoms with Crippen LogP contribution in [-0.4, -0.2) is 34.5 Å².